The van der Waals surface area contributed by atoms with E-state index in [4.69, 9.17) is 4.74 Å². The number of hydrogen-bond donors (Lipinski definition) is 1. The molecular weight excluding hydrogens is 240 g/mol. The highest BCUT2D eigenvalue weighted by Gasteiger charge is 2.36. The largest absolute Gasteiger partial charge is 0.377 e. The summed E-state index contributed by atoms with van der Waals surface area (Å²) < 4.78 is 5.49. The number of amides is 1. The van der Waals surface area contributed by atoms with E-state index < -0.39 is 0 Å². The predicted molar refractivity (Wildman–Crippen MR) is 76.1 cm³/mol. The van der Waals surface area contributed by atoms with Crippen LogP contribution in [0, 0.1) is 0 Å². The van der Waals surface area contributed by atoms with Crippen molar-refractivity contribution in [2.24, 2.45) is 0 Å². The maximum Gasteiger partial charge on any atom is 0.224 e. The van der Waals surface area contributed by atoms with E-state index in [1.165, 1.54) is 19.3 Å². The van der Waals surface area contributed by atoms with Gasteiger partial charge in [-0.1, -0.05) is 26.2 Å². The molecule has 1 heterocycles. The molecule has 19 heavy (non-hydrogen) atoms. The lowest BCUT2D eigenvalue weighted by Crippen LogP contribution is -2.53. The van der Waals surface area contributed by atoms with Gasteiger partial charge in [0.1, 0.15) is 0 Å². The molecule has 110 valence electrons. The number of carbonyl (C=O) groups is 1. The summed E-state index contributed by atoms with van der Waals surface area (Å²) in [6.07, 6.45) is 7.71. The Kier molecular flexibility index (Phi) is 5.22. The fourth-order valence-electron chi connectivity index (χ4n) is 3.46. The van der Waals surface area contributed by atoms with Crippen LogP contribution in [-0.4, -0.2) is 49.2 Å². The van der Waals surface area contributed by atoms with Gasteiger partial charge in [0.05, 0.1) is 19.3 Å². The Morgan fingerprint density at radius 2 is 2.11 bits per heavy atom. The Bertz CT molecular complexity index is 301. The molecule has 0 aromatic rings. The molecule has 0 radical (unpaired) electrons. The highest BCUT2D eigenvalue weighted by molar-refractivity contribution is 5.78. The number of rotatable bonds is 4. The van der Waals surface area contributed by atoms with E-state index in [1.54, 1.807) is 0 Å². The third kappa shape index (κ3) is 3.48. The molecule has 1 atom stereocenters. The summed E-state index contributed by atoms with van der Waals surface area (Å²) in [5.41, 5.74) is 0.0475. The average Bonchev–Trinajstić information content (AvgIpc) is 2.48. The van der Waals surface area contributed by atoms with Crippen LogP contribution in [0.1, 0.15) is 51.9 Å². The van der Waals surface area contributed by atoms with E-state index in [1.807, 2.05) is 7.05 Å². The molecule has 0 bridgehead atoms. The van der Waals surface area contributed by atoms with Crippen molar-refractivity contribution < 1.29 is 9.53 Å². The van der Waals surface area contributed by atoms with Crippen LogP contribution >= 0.6 is 0 Å². The molecule has 0 aromatic heterocycles. The van der Waals surface area contributed by atoms with E-state index >= 15 is 0 Å². The van der Waals surface area contributed by atoms with Gasteiger partial charge in [0.2, 0.25) is 5.91 Å². The van der Waals surface area contributed by atoms with Crippen LogP contribution in [-0.2, 0) is 9.53 Å². The molecule has 1 saturated heterocycles. The van der Waals surface area contributed by atoms with Gasteiger partial charge in [-0.15, -0.1) is 0 Å². The molecule has 1 unspecified atom stereocenters. The van der Waals surface area contributed by atoms with Gasteiger partial charge in [0, 0.05) is 18.5 Å². The topological polar surface area (TPSA) is 41.6 Å². The SMILES string of the molecule is CCC1COCCN1C(=O)CC1(NC)CCCCC1. The minimum Gasteiger partial charge on any atom is -0.377 e. The van der Waals surface area contributed by atoms with Gasteiger partial charge >= 0.3 is 0 Å². The fourth-order valence-corrected chi connectivity index (χ4v) is 3.46. The zero-order chi connectivity index (χ0) is 13.7. The second-order valence-corrected chi connectivity index (χ2v) is 5.99. The van der Waals surface area contributed by atoms with Gasteiger partial charge in [0.15, 0.2) is 0 Å². The normalized spacial score (nSPS) is 27.3. The van der Waals surface area contributed by atoms with E-state index in [9.17, 15) is 4.79 Å². The van der Waals surface area contributed by atoms with E-state index in [-0.39, 0.29) is 11.6 Å². The standard InChI is InChI=1S/C15H28N2O2/c1-3-13-12-19-10-9-17(13)14(18)11-15(16-2)7-5-4-6-8-15/h13,16H,3-12H2,1-2H3. The van der Waals surface area contributed by atoms with Crippen LogP contribution in [0.4, 0.5) is 0 Å². The van der Waals surface area contributed by atoms with Crippen LogP contribution in [0.2, 0.25) is 0 Å². The number of nitrogens with zero attached hydrogens (tertiary/aromatic N) is 1. The zero-order valence-corrected chi connectivity index (χ0v) is 12.4. The molecule has 4 nitrogen and oxygen atoms in total. The van der Waals surface area contributed by atoms with E-state index in [2.05, 4.69) is 17.1 Å². The number of ether oxygens (including phenoxy) is 1. The molecule has 1 aliphatic heterocycles. The number of carbonyl (C=O) groups excluding carboxylic acids is 1. The van der Waals surface area contributed by atoms with Gasteiger partial charge in [-0.2, -0.15) is 0 Å². The first kappa shape index (κ1) is 14.8. The fraction of sp³-hybridized carbons (Fsp3) is 0.933. The second-order valence-electron chi connectivity index (χ2n) is 5.99. The Morgan fingerprint density at radius 1 is 1.37 bits per heavy atom. The first-order chi connectivity index (χ1) is 9.21. The molecule has 2 rings (SSSR count). The van der Waals surface area contributed by atoms with Crippen molar-refractivity contribution in [3.05, 3.63) is 0 Å². The van der Waals surface area contributed by atoms with Crippen LogP contribution in [0.15, 0.2) is 0 Å². The third-order valence-corrected chi connectivity index (χ3v) is 4.85. The molecule has 2 aliphatic rings. The first-order valence-electron chi connectivity index (χ1n) is 7.77. The molecule has 0 spiro atoms. The predicted octanol–water partition coefficient (Wildman–Crippen LogP) is 1.94. The van der Waals surface area contributed by atoms with Gasteiger partial charge < -0.3 is 15.0 Å². The second kappa shape index (κ2) is 6.71. The van der Waals surface area contributed by atoms with E-state index in [0.29, 0.717) is 25.5 Å². The smallest absolute Gasteiger partial charge is 0.224 e. The lowest BCUT2D eigenvalue weighted by atomic mass is 9.79. The summed E-state index contributed by atoms with van der Waals surface area (Å²) in [5, 5.41) is 3.44. The molecule has 1 amide bonds. The van der Waals surface area contributed by atoms with Crippen molar-refractivity contribution in [3.8, 4) is 0 Å². The summed E-state index contributed by atoms with van der Waals surface area (Å²) >= 11 is 0. The van der Waals surface area contributed by atoms with Gasteiger partial charge in [-0.25, -0.2) is 0 Å². The molecule has 1 N–H and O–H groups in total. The maximum absolute atomic E-state index is 12.6. The van der Waals surface area contributed by atoms with Crippen molar-refractivity contribution in [1.29, 1.82) is 0 Å². The Morgan fingerprint density at radius 3 is 2.74 bits per heavy atom. The highest BCUT2D eigenvalue weighted by Crippen LogP contribution is 2.31. The lowest BCUT2D eigenvalue weighted by molar-refractivity contribution is -0.142. The minimum atomic E-state index is 0.0475. The Hall–Kier alpha value is -0.610. The summed E-state index contributed by atoms with van der Waals surface area (Å²) in [6.45, 7) is 4.29. The van der Waals surface area contributed by atoms with Crippen molar-refractivity contribution in [2.75, 3.05) is 26.8 Å². The summed E-state index contributed by atoms with van der Waals surface area (Å²) in [4.78, 5) is 14.7. The molecular formula is C15H28N2O2. The average molecular weight is 268 g/mol. The molecule has 2 fully saturated rings. The quantitative estimate of drug-likeness (QED) is 0.847. The summed E-state index contributed by atoms with van der Waals surface area (Å²) in [6, 6.07) is 0.277. The number of hydrogen-bond acceptors (Lipinski definition) is 3. The van der Waals surface area contributed by atoms with Gasteiger partial charge in [-0.05, 0) is 26.3 Å². The van der Waals surface area contributed by atoms with Crippen LogP contribution < -0.4 is 5.32 Å². The van der Waals surface area contributed by atoms with Crippen molar-refractivity contribution in [2.45, 2.75) is 63.5 Å². The Labute approximate surface area is 116 Å². The lowest BCUT2D eigenvalue weighted by Gasteiger charge is -2.41. The Balaban J connectivity index is 1.98. The van der Waals surface area contributed by atoms with Crippen LogP contribution in [0.3, 0.4) is 0 Å². The third-order valence-electron chi connectivity index (χ3n) is 4.85. The van der Waals surface area contributed by atoms with Gasteiger partial charge in [-0.3, -0.25) is 4.79 Å². The molecule has 1 saturated carbocycles. The van der Waals surface area contributed by atoms with Crippen molar-refractivity contribution in [3.63, 3.8) is 0 Å². The van der Waals surface area contributed by atoms with Crippen LogP contribution in [0.5, 0.6) is 0 Å². The number of nitrogens with one attached hydrogen (secondary N) is 1. The van der Waals surface area contributed by atoms with Crippen LogP contribution in [0.25, 0.3) is 0 Å². The molecule has 1 aliphatic carbocycles. The highest BCUT2D eigenvalue weighted by atomic mass is 16.5. The molecule has 4 heteroatoms. The molecule has 0 aromatic carbocycles. The monoisotopic (exact) mass is 268 g/mol. The van der Waals surface area contributed by atoms with Gasteiger partial charge in [0.25, 0.3) is 0 Å². The minimum absolute atomic E-state index is 0.0475. The maximum atomic E-state index is 12.6. The zero-order valence-electron chi connectivity index (χ0n) is 12.4. The first-order valence-corrected chi connectivity index (χ1v) is 7.77. The van der Waals surface area contributed by atoms with Crippen molar-refractivity contribution in [1.82, 2.24) is 10.2 Å². The number of morpholine rings is 1. The van der Waals surface area contributed by atoms with E-state index in [0.717, 1.165) is 25.8 Å². The summed E-state index contributed by atoms with van der Waals surface area (Å²) in [7, 11) is 2.01. The summed E-state index contributed by atoms with van der Waals surface area (Å²) in [5.74, 6) is 0.311. The van der Waals surface area contributed by atoms with Crippen molar-refractivity contribution >= 4 is 5.91 Å².